The first-order valence-electron chi connectivity index (χ1n) is 11.0. The largest absolute Gasteiger partial charge is 0.494 e. The third-order valence-electron chi connectivity index (χ3n) is 6.25. The maximum atomic E-state index is 12.4. The first-order valence-corrected chi connectivity index (χ1v) is 11.0. The van der Waals surface area contributed by atoms with Crippen molar-refractivity contribution in [3.63, 3.8) is 0 Å². The standard InChI is InChI=1S/C25H29BN2O5/c1-24(2)25(3,4)33-26(32-24)20-13-11-19(12-14-20)22-21(31-17-27-22)16-30-23(29)28(5)15-18-9-7-6-8-10-18/h6-14,17H,15-16H2,1-5H3. The number of hydrogen-bond acceptors (Lipinski definition) is 6. The predicted octanol–water partition coefficient (Wildman–Crippen LogP) is 4.41. The molecule has 8 heteroatoms. The van der Waals surface area contributed by atoms with Gasteiger partial charge in [-0.3, -0.25) is 0 Å². The zero-order valence-corrected chi connectivity index (χ0v) is 19.7. The fourth-order valence-electron chi connectivity index (χ4n) is 3.54. The highest BCUT2D eigenvalue weighted by Gasteiger charge is 2.51. The molecule has 0 unspecified atom stereocenters. The van der Waals surface area contributed by atoms with Crippen LogP contribution in [-0.2, 0) is 27.2 Å². The fraction of sp³-hybridized carbons (Fsp3) is 0.360. The average molecular weight is 448 g/mol. The zero-order chi connectivity index (χ0) is 23.6. The van der Waals surface area contributed by atoms with Crippen LogP contribution in [0.25, 0.3) is 11.3 Å². The number of carbonyl (C=O) groups excluding carboxylic acids is 1. The molecule has 3 aromatic rings. The van der Waals surface area contributed by atoms with Crippen LogP contribution in [0.3, 0.4) is 0 Å². The van der Waals surface area contributed by atoms with Gasteiger partial charge in [-0.2, -0.15) is 0 Å². The summed E-state index contributed by atoms with van der Waals surface area (Å²) in [6.45, 7) is 8.57. The van der Waals surface area contributed by atoms with Gasteiger partial charge < -0.3 is 23.4 Å². The molecule has 1 aliphatic rings. The molecule has 1 aromatic heterocycles. The van der Waals surface area contributed by atoms with Crippen molar-refractivity contribution in [1.29, 1.82) is 0 Å². The van der Waals surface area contributed by atoms with Gasteiger partial charge in [0.25, 0.3) is 0 Å². The van der Waals surface area contributed by atoms with E-state index in [1.165, 1.54) is 11.3 Å². The smallest absolute Gasteiger partial charge is 0.444 e. The summed E-state index contributed by atoms with van der Waals surface area (Å²) < 4.78 is 23.2. The lowest BCUT2D eigenvalue weighted by molar-refractivity contribution is 0.00578. The number of hydrogen-bond donors (Lipinski definition) is 0. The van der Waals surface area contributed by atoms with Crippen LogP contribution in [-0.4, -0.2) is 41.3 Å². The molecule has 2 aromatic carbocycles. The summed E-state index contributed by atoms with van der Waals surface area (Å²) in [4.78, 5) is 18.2. The molecule has 4 rings (SSSR count). The summed E-state index contributed by atoms with van der Waals surface area (Å²) in [6.07, 6.45) is 0.922. The van der Waals surface area contributed by atoms with Crippen LogP contribution in [0.15, 0.2) is 65.4 Å². The van der Waals surface area contributed by atoms with E-state index in [0.717, 1.165) is 16.6 Å². The highest BCUT2D eigenvalue weighted by molar-refractivity contribution is 6.62. The van der Waals surface area contributed by atoms with E-state index in [2.05, 4.69) is 4.98 Å². The Morgan fingerprint density at radius 1 is 1.00 bits per heavy atom. The Hall–Kier alpha value is -3.10. The van der Waals surface area contributed by atoms with Gasteiger partial charge in [0, 0.05) is 19.2 Å². The van der Waals surface area contributed by atoms with E-state index in [1.807, 2.05) is 82.3 Å². The molecule has 0 atom stereocenters. The second-order valence-corrected chi connectivity index (χ2v) is 9.23. The monoisotopic (exact) mass is 448 g/mol. The van der Waals surface area contributed by atoms with Gasteiger partial charge in [0.2, 0.25) is 0 Å². The Bertz CT molecular complexity index is 1080. The highest BCUT2D eigenvalue weighted by Crippen LogP contribution is 2.36. The minimum atomic E-state index is -0.433. The van der Waals surface area contributed by atoms with Gasteiger partial charge >= 0.3 is 13.2 Å². The van der Waals surface area contributed by atoms with E-state index in [-0.39, 0.29) is 6.61 Å². The van der Waals surface area contributed by atoms with E-state index in [9.17, 15) is 4.79 Å². The number of oxazole rings is 1. The van der Waals surface area contributed by atoms with E-state index >= 15 is 0 Å². The second-order valence-electron chi connectivity index (χ2n) is 9.23. The van der Waals surface area contributed by atoms with E-state index in [4.69, 9.17) is 18.5 Å². The number of ether oxygens (including phenoxy) is 1. The second kappa shape index (κ2) is 9.04. The van der Waals surface area contributed by atoms with Crippen molar-refractivity contribution < 1.29 is 23.3 Å². The molecule has 0 aliphatic carbocycles. The van der Waals surface area contributed by atoms with E-state index < -0.39 is 24.4 Å². The third kappa shape index (κ3) is 4.97. The maximum Gasteiger partial charge on any atom is 0.494 e. The lowest BCUT2D eigenvalue weighted by Gasteiger charge is -2.32. The van der Waals surface area contributed by atoms with Crippen molar-refractivity contribution in [3.8, 4) is 11.3 Å². The van der Waals surface area contributed by atoms with Gasteiger partial charge in [-0.05, 0) is 38.7 Å². The Kier molecular flexibility index (Phi) is 6.32. The van der Waals surface area contributed by atoms with Gasteiger partial charge in [0.05, 0.1) is 11.2 Å². The SMILES string of the molecule is CN(Cc1ccccc1)C(=O)OCc1ocnc1-c1ccc(B2OC(C)(C)C(C)(C)O2)cc1. The molecular formula is C25H29BN2O5. The first kappa shape index (κ1) is 23.1. The molecule has 172 valence electrons. The normalized spacial score (nSPS) is 16.6. The van der Waals surface area contributed by atoms with Crippen LogP contribution < -0.4 is 5.46 Å². The van der Waals surface area contributed by atoms with Crippen molar-refractivity contribution in [2.75, 3.05) is 7.05 Å². The van der Waals surface area contributed by atoms with Crippen molar-refractivity contribution >= 4 is 18.7 Å². The van der Waals surface area contributed by atoms with Crippen LogP contribution in [0.2, 0.25) is 0 Å². The molecule has 1 saturated heterocycles. The van der Waals surface area contributed by atoms with Crippen molar-refractivity contribution in [2.24, 2.45) is 0 Å². The molecule has 1 amide bonds. The third-order valence-corrected chi connectivity index (χ3v) is 6.25. The highest BCUT2D eigenvalue weighted by atomic mass is 16.7. The lowest BCUT2D eigenvalue weighted by atomic mass is 9.79. The number of amides is 1. The van der Waals surface area contributed by atoms with Gasteiger partial charge in [0.15, 0.2) is 18.8 Å². The molecule has 1 aliphatic heterocycles. The number of rotatable bonds is 6. The van der Waals surface area contributed by atoms with Crippen molar-refractivity contribution in [1.82, 2.24) is 9.88 Å². The summed E-state index contributed by atoms with van der Waals surface area (Å²) in [5.41, 5.74) is 2.65. The molecule has 7 nitrogen and oxygen atoms in total. The Morgan fingerprint density at radius 3 is 2.27 bits per heavy atom. The Labute approximate surface area is 194 Å². The molecule has 2 heterocycles. The number of nitrogens with zero attached hydrogens (tertiary/aromatic N) is 2. The fourth-order valence-corrected chi connectivity index (χ4v) is 3.54. The van der Waals surface area contributed by atoms with Crippen LogP contribution in [0.5, 0.6) is 0 Å². The quantitative estimate of drug-likeness (QED) is 0.521. The van der Waals surface area contributed by atoms with Gasteiger partial charge in [-0.25, -0.2) is 9.78 Å². The summed E-state index contributed by atoms with van der Waals surface area (Å²) >= 11 is 0. The van der Waals surface area contributed by atoms with E-state index in [1.54, 1.807) is 7.05 Å². The van der Waals surface area contributed by atoms with Crippen LogP contribution in [0.1, 0.15) is 39.0 Å². The molecule has 0 spiro atoms. The maximum absolute atomic E-state index is 12.4. The van der Waals surface area contributed by atoms with Crippen LogP contribution in [0, 0.1) is 0 Å². The molecule has 1 fully saturated rings. The molecule has 0 saturated carbocycles. The molecule has 0 radical (unpaired) electrons. The topological polar surface area (TPSA) is 74.0 Å². The molecule has 0 N–H and O–H groups in total. The minimum Gasteiger partial charge on any atom is -0.444 e. The van der Waals surface area contributed by atoms with Crippen LogP contribution in [0.4, 0.5) is 4.79 Å². The zero-order valence-electron chi connectivity index (χ0n) is 19.7. The van der Waals surface area contributed by atoms with Gasteiger partial charge in [-0.15, -0.1) is 0 Å². The molecule has 33 heavy (non-hydrogen) atoms. The lowest BCUT2D eigenvalue weighted by Crippen LogP contribution is -2.41. The average Bonchev–Trinajstić information content (AvgIpc) is 3.34. The van der Waals surface area contributed by atoms with Gasteiger partial charge in [0.1, 0.15) is 5.69 Å². The summed E-state index contributed by atoms with van der Waals surface area (Å²) in [5, 5.41) is 0. The predicted molar refractivity (Wildman–Crippen MR) is 126 cm³/mol. The number of benzene rings is 2. The molecule has 0 bridgehead atoms. The van der Waals surface area contributed by atoms with Crippen molar-refractivity contribution in [2.45, 2.75) is 52.0 Å². The minimum absolute atomic E-state index is 0.00766. The van der Waals surface area contributed by atoms with E-state index in [0.29, 0.717) is 18.0 Å². The first-order chi connectivity index (χ1) is 15.7. The van der Waals surface area contributed by atoms with Crippen LogP contribution >= 0.6 is 0 Å². The number of carbonyl (C=O) groups is 1. The Morgan fingerprint density at radius 2 is 1.64 bits per heavy atom. The summed E-state index contributed by atoms with van der Waals surface area (Å²) in [7, 11) is 1.27. The van der Waals surface area contributed by atoms with Crippen molar-refractivity contribution in [3.05, 3.63) is 72.3 Å². The Balaban J connectivity index is 1.39. The number of aromatic nitrogens is 1. The molecular weight excluding hydrogens is 419 g/mol. The van der Waals surface area contributed by atoms with Gasteiger partial charge in [-0.1, -0.05) is 54.6 Å². The summed E-state index contributed by atoms with van der Waals surface area (Å²) in [6, 6.07) is 17.5. The summed E-state index contributed by atoms with van der Waals surface area (Å²) in [5.74, 6) is 0.486.